The molecule has 3 aromatic rings. The monoisotopic (exact) mass is 444 g/mol. The highest BCUT2D eigenvalue weighted by Crippen LogP contribution is 2.40. The topological polar surface area (TPSA) is 67.9 Å². The minimum absolute atomic E-state index is 0.0707. The summed E-state index contributed by atoms with van der Waals surface area (Å²) in [5, 5.41) is 2.79. The van der Waals surface area contributed by atoms with Crippen LogP contribution in [0.2, 0.25) is 0 Å². The molecule has 170 valence electrons. The molecule has 1 saturated heterocycles. The first kappa shape index (κ1) is 22.4. The highest BCUT2D eigenvalue weighted by molar-refractivity contribution is 5.90. The van der Waals surface area contributed by atoms with Crippen LogP contribution in [-0.2, 0) is 22.6 Å². The van der Waals surface area contributed by atoms with Crippen molar-refractivity contribution in [1.82, 2.24) is 4.90 Å². The van der Waals surface area contributed by atoms with Gasteiger partial charge in [0.1, 0.15) is 17.5 Å². The van der Waals surface area contributed by atoms with Gasteiger partial charge in [-0.05, 0) is 53.4 Å². The molecule has 6 heteroatoms. The lowest BCUT2D eigenvalue weighted by Gasteiger charge is -2.47. The Morgan fingerprint density at radius 1 is 1.03 bits per heavy atom. The standard InChI is InChI=1S/C27H28N2O4/c1-4-20-10-5-6-14-24(20)33-26-25(21-11-8-13-23(16-21)32-3)29(27(26)31)17-19-9-7-12-22(15-19)28-18(2)30/h5-16,25-26H,4,17H2,1-3H3,(H,28,30)/t25-,26-/m1/s1. The second-order valence-electron chi connectivity index (χ2n) is 8.07. The third kappa shape index (κ3) is 4.85. The van der Waals surface area contributed by atoms with Crippen LogP contribution >= 0.6 is 0 Å². The maximum atomic E-state index is 13.3. The third-order valence-electron chi connectivity index (χ3n) is 5.79. The number of amides is 2. The molecule has 0 aliphatic carbocycles. The molecular weight excluding hydrogens is 416 g/mol. The molecule has 2 atom stereocenters. The number of β-lactam (4-membered cyclic amide) rings is 1. The van der Waals surface area contributed by atoms with E-state index in [4.69, 9.17) is 9.47 Å². The molecule has 3 aromatic carbocycles. The second kappa shape index (κ2) is 9.77. The number of ether oxygens (including phenoxy) is 2. The Morgan fingerprint density at radius 3 is 2.58 bits per heavy atom. The van der Waals surface area contributed by atoms with Crippen LogP contribution in [0.4, 0.5) is 5.69 Å². The summed E-state index contributed by atoms with van der Waals surface area (Å²) in [6, 6.07) is 22.8. The summed E-state index contributed by atoms with van der Waals surface area (Å²) in [5.41, 5.74) is 3.65. The molecular formula is C27H28N2O4. The predicted octanol–water partition coefficient (Wildman–Crippen LogP) is 4.75. The average Bonchev–Trinajstić information content (AvgIpc) is 2.83. The normalized spacial score (nSPS) is 17.3. The van der Waals surface area contributed by atoms with Gasteiger partial charge in [-0.15, -0.1) is 0 Å². The van der Waals surface area contributed by atoms with Crippen molar-refractivity contribution in [2.75, 3.05) is 12.4 Å². The Morgan fingerprint density at radius 2 is 1.82 bits per heavy atom. The van der Waals surface area contributed by atoms with Crippen molar-refractivity contribution in [2.24, 2.45) is 0 Å². The Labute approximate surface area is 194 Å². The SMILES string of the molecule is CCc1ccccc1O[C@H]1C(=O)N(Cc2cccc(NC(C)=O)c2)[C@@H]1c1cccc(OC)c1. The highest BCUT2D eigenvalue weighted by atomic mass is 16.5. The zero-order valence-corrected chi connectivity index (χ0v) is 19.1. The van der Waals surface area contributed by atoms with Gasteiger partial charge in [-0.2, -0.15) is 0 Å². The summed E-state index contributed by atoms with van der Waals surface area (Å²) in [6.07, 6.45) is 0.198. The largest absolute Gasteiger partial charge is 0.497 e. The Bertz CT molecular complexity index is 1160. The third-order valence-corrected chi connectivity index (χ3v) is 5.79. The number of nitrogens with zero attached hydrogens (tertiary/aromatic N) is 1. The van der Waals surface area contributed by atoms with Gasteiger partial charge in [0.05, 0.1) is 7.11 Å². The molecule has 2 amide bonds. The number of hydrogen-bond donors (Lipinski definition) is 1. The van der Waals surface area contributed by atoms with Gasteiger partial charge in [0.25, 0.3) is 5.91 Å². The van der Waals surface area contributed by atoms with Crippen molar-refractivity contribution >= 4 is 17.5 Å². The molecule has 1 aliphatic rings. The molecule has 0 bridgehead atoms. The summed E-state index contributed by atoms with van der Waals surface area (Å²) >= 11 is 0. The summed E-state index contributed by atoms with van der Waals surface area (Å²) < 4.78 is 11.7. The molecule has 33 heavy (non-hydrogen) atoms. The Balaban J connectivity index is 1.63. The molecule has 0 unspecified atom stereocenters. The maximum Gasteiger partial charge on any atom is 0.267 e. The lowest BCUT2D eigenvalue weighted by molar-refractivity contribution is -0.165. The van der Waals surface area contributed by atoms with Crippen LogP contribution in [0.25, 0.3) is 0 Å². The fraction of sp³-hybridized carbons (Fsp3) is 0.259. The van der Waals surface area contributed by atoms with Crippen LogP contribution in [0, 0.1) is 0 Å². The van der Waals surface area contributed by atoms with Crippen LogP contribution < -0.4 is 14.8 Å². The summed E-state index contributed by atoms with van der Waals surface area (Å²) in [4.78, 5) is 26.5. The summed E-state index contributed by atoms with van der Waals surface area (Å²) in [6.45, 7) is 3.95. The van der Waals surface area contributed by atoms with Crippen LogP contribution in [0.15, 0.2) is 72.8 Å². The lowest BCUT2D eigenvalue weighted by Crippen LogP contribution is -2.60. The smallest absolute Gasteiger partial charge is 0.267 e. The Kier molecular flexibility index (Phi) is 6.63. The van der Waals surface area contributed by atoms with Crippen molar-refractivity contribution < 1.29 is 19.1 Å². The average molecular weight is 445 g/mol. The minimum atomic E-state index is -0.622. The molecule has 6 nitrogen and oxygen atoms in total. The maximum absolute atomic E-state index is 13.3. The quantitative estimate of drug-likeness (QED) is 0.509. The van der Waals surface area contributed by atoms with Crippen molar-refractivity contribution in [2.45, 2.75) is 39.0 Å². The van der Waals surface area contributed by atoms with E-state index in [0.29, 0.717) is 12.2 Å². The first-order valence-corrected chi connectivity index (χ1v) is 11.1. The number of methoxy groups -OCH3 is 1. The number of rotatable bonds is 8. The van der Waals surface area contributed by atoms with Gasteiger partial charge in [0, 0.05) is 19.2 Å². The number of carbonyl (C=O) groups is 2. The van der Waals surface area contributed by atoms with E-state index in [9.17, 15) is 9.59 Å². The van der Waals surface area contributed by atoms with Crippen LogP contribution in [0.3, 0.4) is 0 Å². The molecule has 1 heterocycles. The summed E-state index contributed by atoms with van der Waals surface area (Å²) in [7, 11) is 1.63. The van der Waals surface area contributed by atoms with Crippen molar-refractivity contribution in [3.8, 4) is 11.5 Å². The molecule has 1 fully saturated rings. The van der Waals surface area contributed by atoms with Crippen LogP contribution in [0.5, 0.6) is 11.5 Å². The molecule has 0 saturated carbocycles. The van der Waals surface area contributed by atoms with E-state index in [0.717, 1.165) is 34.6 Å². The van der Waals surface area contributed by atoms with E-state index in [1.807, 2.05) is 72.8 Å². The number of anilines is 1. The Hall–Kier alpha value is -3.80. The van der Waals surface area contributed by atoms with E-state index >= 15 is 0 Å². The molecule has 0 aromatic heterocycles. The van der Waals surface area contributed by atoms with Crippen LogP contribution in [-0.4, -0.2) is 29.9 Å². The number of nitrogens with one attached hydrogen (secondary N) is 1. The first-order chi connectivity index (χ1) is 16.0. The number of likely N-dealkylation sites (tertiary alicyclic amines) is 1. The highest BCUT2D eigenvalue weighted by Gasteiger charge is 2.50. The molecule has 1 aliphatic heterocycles. The minimum Gasteiger partial charge on any atom is -0.497 e. The van der Waals surface area contributed by atoms with Crippen LogP contribution in [0.1, 0.15) is 36.6 Å². The number of carbonyl (C=O) groups excluding carboxylic acids is 2. The van der Waals surface area contributed by atoms with Gasteiger partial charge >= 0.3 is 0 Å². The zero-order valence-electron chi connectivity index (χ0n) is 19.1. The van der Waals surface area contributed by atoms with Gasteiger partial charge in [0.15, 0.2) is 0 Å². The predicted molar refractivity (Wildman–Crippen MR) is 127 cm³/mol. The number of aryl methyl sites for hydroxylation is 1. The van der Waals surface area contributed by atoms with Crippen molar-refractivity contribution in [3.63, 3.8) is 0 Å². The van der Waals surface area contributed by atoms with Crippen molar-refractivity contribution in [1.29, 1.82) is 0 Å². The summed E-state index contributed by atoms with van der Waals surface area (Å²) in [5.74, 6) is 1.26. The van der Waals surface area contributed by atoms with E-state index in [1.165, 1.54) is 6.92 Å². The van der Waals surface area contributed by atoms with E-state index < -0.39 is 6.10 Å². The van der Waals surface area contributed by atoms with Gasteiger partial charge in [-0.25, -0.2) is 0 Å². The fourth-order valence-corrected chi connectivity index (χ4v) is 4.18. The van der Waals surface area contributed by atoms with E-state index in [2.05, 4.69) is 12.2 Å². The molecule has 0 spiro atoms. The van der Waals surface area contributed by atoms with E-state index in [-0.39, 0.29) is 17.9 Å². The van der Waals surface area contributed by atoms with E-state index in [1.54, 1.807) is 12.0 Å². The second-order valence-corrected chi connectivity index (χ2v) is 8.07. The zero-order chi connectivity index (χ0) is 23.4. The molecule has 1 N–H and O–H groups in total. The van der Waals surface area contributed by atoms with Gasteiger partial charge in [-0.3, -0.25) is 9.59 Å². The van der Waals surface area contributed by atoms with Gasteiger partial charge in [0.2, 0.25) is 12.0 Å². The molecule has 4 rings (SSSR count). The number of benzene rings is 3. The first-order valence-electron chi connectivity index (χ1n) is 11.1. The fourth-order valence-electron chi connectivity index (χ4n) is 4.18. The number of para-hydroxylation sites is 1. The van der Waals surface area contributed by atoms with Crippen molar-refractivity contribution in [3.05, 3.63) is 89.5 Å². The molecule has 0 radical (unpaired) electrons. The number of hydrogen-bond acceptors (Lipinski definition) is 4. The van der Waals surface area contributed by atoms with Gasteiger partial charge < -0.3 is 19.7 Å². The van der Waals surface area contributed by atoms with Gasteiger partial charge in [-0.1, -0.05) is 49.4 Å². The lowest BCUT2D eigenvalue weighted by atomic mass is 9.89.